The summed E-state index contributed by atoms with van der Waals surface area (Å²) < 4.78 is 33.8. The van der Waals surface area contributed by atoms with Gasteiger partial charge in [0.15, 0.2) is 18.0 Å². The number of ether oxygens (including phenoxy) is 6. The molecule has 14 heteroatoms. The van der Waals surface area contributed by atoms with Gasteiger partial charge in [0.25, 0.3) is 0 Å². The third kappa shape index (κ3) is 13.3. The van der Waals surface area contributed by atoms with Gasteiger partial charge < -0.3 is 33.7 Å². The van der Waals surface area contributed by atoms with Gasteiger partial charge in [0.05, 0.1) is 12.7 Å². The molecule has 0 aromatic carbocycles. The van der Waals surface area contributed by atoms with Crippen LogP contribution < -0.4 is 10.6 Å². The van der Waals surface area contributed by atoms with Gasteiger partial charge >= 0.3 is 18.0 Å². The van der Waals surface area contributed by atoms with Gasteiger partial charge in [-0.05, 0) is 45.6 Å². The Labute approximate surface area is 292 Å². The van der Waals surface area contributed by atoms with Crippen molar-refractivity contribution in [2.45, 2.75) is 128 Å². The van der Waals surface area contributed by atoms with Crippen LogP contribution in [-0.2, 0) is 52.4 Å². The van der Waals surface area contributed by atoms with Gasteiger partial charge in [-0.2, -0.15) is 0 Å². The molecule has 3 amide bonds. The number of hydrogen-bond acceptors (Lipinski definition) is 12. The summed E-state index contributed by atoms with van der Waals surface area (Å²) in [5.74, 6) is -2.77. The molecule has 0 aliphatic carbocycles. The van der Waals surface area contributed by atoms with Crippen molar-refractivity contribution in [3.05, 3.63) is 48.1 Å². The summed E-state index contributed by atoms with van der Waals surface area (Å²) in [5, 5.41) is 4.63. The zero-order chi connectivity index (χ0) is 36.7. The van der Waals surface area contributed by atoms with Gasteiger partial charge in [-0.3, -0.25) is 24.5 Å². The molecular weight excluding hydrogens is 652 g/mol. The molecule has 2 N–H and O–H groups in total. The van der Waals surface area contributed by atoms with E-state index in [0.29, 0.717) is 31.3 Å². The first-order valence-electron chi connectivity index (χ1n) is 17.1. The third-order valence-electron chi connectivity index (χ3n) is 8.31. The van der Waals surface area contributed by atoms with Gasteiger partial charge in [0.2, 0.25) is 17.5 Å². The van der Waals surface area contributed by atoms with E-state index in [2.05, 4.69) is 17.6 Å². The van der Waals surface area contributed by atoms with E-state index < -0.39 is 72.0 Å². The number of imide groups is 1. The zero-order valence-corrected chi connectivity index (χ0v) is 29.5. The topological polar surface area (TPSA) is 188 Å². The van der Waals surface area contributed by atoms with E-state index in [4.69, 9.17) is 28.4 Å². The van der Waals surface area contributed by atoms with Crippen LogP contribution in [0.2, 0.25) is 0 Å². The van der Waals surface area contributed by atoms with E-state index in [1.54, 1.807) is 19.1 Å². The van der Waals surface area contributed by atoms with Crippen LogP contribution in [0.4, 0.5) is 4.79 Å². The van der Waals surface area contributed by atoms with Crippen molar-refractivity contribution in [3.63, 3.8) is 0 Å². The van der Waals surface area contributed by atoms with E-state index >= 15 is 0 Å². The van der Waals surface area contributed by atoms with Crippen LogP contribution in [-0.4, -0.2) is 91.7 Å². The molecule has 276 valence electrons. The van der Waals surface area contributed by atoms with E-state index in [1.807, 2.05) is 0 Å². The molecular formula is C36H50N2O12. The number of ketones is 1. The van der Waals surface area contributed by atoms with Gasteiger partial charge in [-0.15, -0.1) is 0 Å². The second-order valence-corrected chi connectivity index (χ2v) is 12.5. The molecule has 14 nitrogen and oxygen atoms in total. The number of esters is 2. The highest BCUT2D eigenvalue weighted by Crippen LogP contribution is 2.39. The molecule has 3 aliphatic heterocycles. The predicted octanol–water partition coefficient (Wildman–Crippen LogP) is 3.82. The number of hydrogen-bond donors (Lipinski definition) is 2. The first-order valence-corrected chi connectivity index (χ1v) is 17.1. The number of rotatable bonds is 14. The number of fused-ring (bicyclic) bond motifs is 1. The Hall–Kier alpha value is -4.14. The zero-order valence-electron chi connectivity index (χ0n) is 29.5. The van der Waals surface area contributed by atoms with E-state index in [0.717, 1.165) is 45.1 Å². The molecule has 7 atom stereocenters. The summed E-state index contributed by atoms with van der Waals surface area (Å²) >= 11 is 0. The molecule has 50 heavy (non-hydrogen) atoms. The second kappa shape index (κ2) is 19.9. The number of cyclic esters (lactones) is 1. The van der Waals surface area contributed by atoms with Crippen molar-refractivity contribution in [2.75, 3.05) is 13.7 Å². The van der Waals surface area contributed by atoms with Crippen molar-refractivity contribution >= 4 is 35.6 Å². The number of carbonyl (C=O) groups is 6. The number of alkyl carbamates (subject to hydrolysis) is 1. The average Bonchev–Trinajstić information content (AvgIpc) is 3.98. The first-order chi connectivity index (χ1) is 23.9. The van der Waals surface area contributed by atoms with Crippen LogP contribution in [0.15, 0.2) is 48.1 Å². The maximum Gasteiger partial charge on any atom is 0.414 e. The van der Waals surface area contributed by atoms with Crippen molar-refractivity contribution in [2.24, 2.45) is 0 Å². The maximum absolute atomic E-state index is 13.1. The van der Waals surface area contributed by atoms with Crippen molar-refractivity contribution in [1.82, 2.24) is 10.6 Å². The van der Waals surface area contributed by atoms with Crippen molar-refractivity contribution in [3.8, 4) is 0 Å². The smallest absolute Gasteiger partial charge is 0.414 e. The van der Waals surface area contributed by atoms with Gasteiger partial charge in [0, 0.05) is 32.6 Å². The summed E-state index contributed by atoms with van der Waals surface area (Å²) in [6.45, 7) is 6.49. The Morgan fingerprint density at radius 2 is 1.80 bits per heavy atom. The highest BCUT2D eigenvalue weighted by atomic mass is 16.7. The fourth-order valence-electron chi connectivity index (χ4n) is 5.48. The second-order valence-electron chi connectivity index (χ2n) is 12.5. The van der Waals surface area contributed by atoms with Crippen LogP contribution in [0.5, 0.6) is 0 Å². The Morgan fingerprint density at radius 3 is 2.50 bits per heavy atom. The summed E-state index contributed by atoms with van der Waals surface area (Å²) in [6.07, 6.45) is 11.0. The third-order valence-corrected chi connectivity index (χ3v) is 8.31. The molecule has 0 spiro atoms. The quantitative estimate of drug-likeness (QED) is 0.0877. The molecule has 0 aromatic rings. The highest BCUT2D eigenvalue weighted by Gasteiger charge is 2.58. The van der Waals surface area contributed by atoms with Gasteiger partial charge in [-0.1, -0.05) is 62.5 Å². The van der Waals surface area contributed by atoms with Crippen molar-refractivity contribution in [1.29, 1.82) is 0 Å². The fourth-order valence-corrected chi connectivity index (χ4v) is 5.48. The number of Topliss-reactive ketones (excluding diaryl/α,β-unsaturated/α-hetero) is 1. The number of carbonyl (C=O) groups excluding carboxylic acids is 6. The Balaban J connectivity index is 1.76. The summed E-state index contributed by atoms with van der Waals surface area (Å²) in [6, 6.07) is 0. The lowest BCUT2D eigenvalue weighted by Crippen LogP contribution is -2.53. The lowest BCUT2D eigenvalue weighted by molar-refractivity contribution is -0.151. The number of unbranched alkanes of at least 4 members (excludes halogenated alkanes) is 4. The molecule has 0 saturated carbocycles. The largest absolute Gasteiger partial charge is 0.465 e. The average molecular weight is 703 g/mol. The van der Waals surface area contributed by atoms with Crippen LogP contribution in [0.25, 0.3) is 0 Å². The van der Waals surface area contributed by atoms with Crippen LogP contribution >= 0.6 is 0 Å². The minimum Gasteiger partial charge on any atom is -0.465 e. The summed E-state index contributed by atoms with van der Waals surface area (Å²) in [5.41, 5.74) is -1.10. The minimum atomic E-state index is -1.78. The van der Waals surface area contributed by atoms with Crippen LogP contribution in [0, 0.1) is 0 Å². The van der Waals surface area contributed by atoms with Crippen LogP contribution in [0.1, 0.15) is 85.5 Å². The standard InChI is InChI=1S/C36H50N2O12/c1-6-7-8-9-10-16-29(42)46-21-14-12-15-26-31(47-26)33-34(50-35(44)37-25(4)40)32-27(48-32)19-18-23(2)22-28(41)38-36(45-5,24(3)39)20-13-11-17-30(43)49-33/h11-13,15,17,20,22,26-27,31-34H,6-10,14,16,18-19,21H2,1-5H3,(H,38,41)(H,37,40,44)/t26-,27+,31+,32-,33+,34+,36-/m1/s1. The van der Waals surface area contributed by atoms with E-state index in [-0.39, 0.29) is 12.6 Å². The number of epoxide rings is 2. The molecule has 3 heterocycles. The predicted molar refractivity (Wildman–Crippen MR) is 179 cm³/mol. The minimum absolute atomic E-state index is 0.204. The number of amides is 3. The molecule has 0 aromatic heterocycles. The van der Waals surface area contributed by atoms with Crippen LogP contribution in [0.3, 0.4) is 0 Å². The monoisotopic (exact) mass is 702 g/mol. The molecule has 0 unspecified atom stereocenters. The van der Waals surface area contributed by atoms with Gasteiger partial charge in [-0.25, -0.2) is 9.59 Å². The number of nitrogens with one attached hydrogen (secondary N) is 2. The van der Waals surface area contributed by atoms with Gasteiger partial charge in [0.1, 0.15) is 18.3 Å². The number of methoxy groups -OCH3 is 1. The molecule has 0 bridgehead atoms. The van der Waals surface area contributed by atoms with Crippen molar-refractivity contribution < 1.29 is 57.2 Å². The Bertz CT molecular complexity index is 1350. The maximum atomic E-state index is 13.1. The molecule has 2 fully saturated rings. The molecule has 3 rings (SSSR count). The van der Waals surface area contributed by atoms with E-state index in [1.165, 1.54) is 38.3 Å². The Morgan fingerprint density at radius 1 is 1.04 bits per heavy atom. The SMILES string of the molecule is CCCCCCCC(=O)OCCC=C[C@H]1O[C@@H]1[C@@H]1OC(=O)C=CC=C[C@@](OC)(C(C)=O)NC(=O)C=C(C)CC[C@@H]2O[C@H]2[C@@H]1OC(=O)NC(C)=O. The summed E-state index contributed by atoms with van der Waals surface area (Å²) in [4.78, 5) is 74.5. The number of allylic oxidation sites excluding steroid dienone is 3. The fraction of sp³-hybridized carbons (Fsp3) is 0.611. The normalized spacial score (nSPS) is 28.4. The summed E-state index contributed by atoms with van der Waals surface area (Å²) in [7, 11) is 1.27. The lowest BCUT2D eigenvalue weighted by Gasteiger charge is -2.27. The Kier molecular flexibility index (Phi) is 16.0. The highest BCUT2D eigenvalue weighted by molar-refractivity contribution is 5.96. The molecule has 3 aliphatic rings. The lowest BCUT2D eigenvalue weighted by atomic mass is 10.00. The molecule has 0 radical (unpaired) electrons. The first kappa shape index (κ1) is 40.3. The van der Waals surface area contributed by atoms with E-state index in [9.17, 15) is 28.8 Å². The molecule has 2 saturated heterocycles.